The van der Waals surface area contributed by atoms with Crippen molar-refractivity contribution in [3.63, 3.8) is 0 Å². The number of hydrogen-bond acceptors (Lipinski definition) is 4. The van der Waals surface area contributed by atoms with E-state index in [1.165, 1.54) is 11.8 Å². The highest BCUT2D eigenvalue weighted by Crippen LogP contribution is 2.26. The molecule has 0 atom stereocenters. The maximum absolute atomic E-state index is 12.5. The van der Waals surface area contributed by atoms with Crippen molar-refractivity contribution in [3.05, 3.63) is 77.7 Å². The molecule has 1 aliphatic carbocycles. The van der Waals surface area contributed by atoms with Crippen molar-refractivity contribution in [2.75, 3.05) is 7.11 Å². The molecule has 4 nitrogen and oxygen atoms in total. The molecule has 0 amide bonds. The lowest BCUT2D eigenvalue weighted by molar-refractivity contribution is 0.0926. The standard InChI is InChI=1S/C19H18O4/c1-21-16-9-5-8-15(11-16)19(20)18-13-22-12-17(23-18)10-14-6-3-2-4-7-14/h2-3,5-6,8-9,11-13H,4,7,10H2,1H3. The van der Waals surface area contributed by atoms with Crippen LogP contribution in [0.3, 0.4) is 0 Å². The largest absolute Gasteiger partial charge is 0.497 e. The fourth-order valence-corrected chi connectivity index (χ4v) is 2.47. The van der Waals surface area contributed by atoms with Gasteiger partial charge in [-0.1, -0.05) is 35.9 Å². The van der Waals surface area contributed by atoms with Gasteiger partial charge in [-0.2, -0.15) is 0 Å². The molecular formula is C19H18O4. The predicted octanol–water partition coefficient (Wildman–Crippen LogP) is 4.27. The topological polar surface area (TPSA) is 44.8 Å². The van der Waals surface area contributed by atoms with Gasteiger partial charge in [0.05, 0.1) is 7.11 Å². The van der Waals surface area contributed by atoms with Crippen molar-refractivity contribution < 1.29 is 19.0 Å². The molecule has 0 unspecified atom stereocenters. The molecule has 4 heteroatoms. The van der Waals surface area contributed by atoms with Crippen molar-refractivity contribution >= 4 is 5.78 Å². The first-order valence-electron chi connectivity index (χ1n) is 7.52. The van der Waals surface area contributed by atoms with Gasteiger partial charge < -0.3 is 14.2 Å². The first kappa shape index (κ1) is 15.2. The van der Waals surface area contributed by atoms with Gasteiger partial charge in [0.15, 0.2) is 0 Å². The van der Waals surface area contributed by atoms with Gasteiger partial charge in [-0.15, -0.1) is 0 Å². The van der Waals surface area contributed by atoms with Crippen LogP contribution in [0, 0.1) is 0 Å². The van der Waals surface area contributed by atoms with E-state index in [2.05, 4.69) is 12.2 Å². The van der Waals surface area contributed by atoms with Crippen LogP contribution < -0.4 is 4.74 Å². The van der Waals surface area contributed by atoms with E-state index in [-0.39, 0.29) is 11.5 Å². The zero-order valence-corrected chi connectivity index (χ0v) is 13.0. The van der Waals surface area contributed by atoms with Crippen LogP contribution in [0.2, 0.25) is 0 Å². The summed E-state index contributed by atoms with van der Waals surface area (Å²) >= 11 is 0. The highest BCUT2D eigenvalue weighted by Gasteiger charge is 2.20. The summed E-state index contributed by atoms with van der Waals surface area (Å²) in [7, 11) is 1.57. The maximum atomic E-state index is 12.5. The van der Waals surface area contributed by atoms with E-state index in [0.29, 0.717) is 23.5 Å². The molecule has 1 aromatic carbocycles. The van der Waals surface area contributed by atoms with Crippen molar-refractivity contribution in [3.8, 4) is 5.75 Å². The lowest BCUT2D eigenvalue weighted by atomic mass is 10.0. The molecule has 0 bridgehead atoms. The molecule has 1 heterocycles. The van der Waals surface area contributed by atoms with Crippen LogP contribution >= 0.6 is 0 Å². The monoisotopic (exact) mass is 310 g/mol. The number of ketones is 1. The Morgan fingerprint density at radius 1 is 1.30 bits per heavy atom. The second-order valence-corrected chi connectivity index (χ2v) is 5.33. The number of benzene rings is 1. The van der Waals surface area contributed by atoms with Gasteiger partial charge in [-0.3, -0.25) is 4.79 Å². The molecule has 0 saturated carbocycles. The summed E-state index contributed by atoms with van der Waals surface area (Å²) in [5, 5.41) is 0. The number of ether oxygens (including phenoxy) is 3. The van der Waals surface area contributed by atoms with Gasteiger partial charge in [-0.05, 0) is 25.0 Å². The van der Waals surface area contributed by atoms with Gasteiger partial charge in [0.2, 0.25) is 11.5 Å². The Labute approximate surface area is 135 Å². The Hall–Kier alpha value is -2.75. The molecule has 1 aliphatic heterocycles. The highest BCUT2D eigenvalue weighted by molar-refractivity contribution is 6.07. The van der Waals surface area contributed by atoms with E-state index >= 15 is 0 Å². The summed E-state index contributed by atoms with van der Waals surface area (Å²) in [5.74, 6) is 1.22. The Morgan fingerprint density at radius 3 is 3.00 bits per heavy atom. The normalized spacial score (nSPS) is 16.5. The van der Waals surface area contributed by atoms with Crippen LogP contribution in [0.1, 0.15) is 29.6 Å². The molecular weight excluding hydrogens is 292 g/mol. The number of carbonyl (C=O) groups excluding carboxylic acids is 1. The third-order valence-electron chi connectivity index (χ3n) is 3.67. The van der Waals surface area contributed by atoms with Gasteiger partial charge in [-0.25, -0.2) is 0 Å². The average molecular weight is 310 g/mol. The Bertz CT molecular complexity index is 723. The second-order valence-electron chi connectivity index (χ2n) is 5.33. The third kappa shape index (κ3) is 3.72. The molecule has 0 aromatic heterocycles. The quantitative estimate of drug-likeness (QED) is 0.762. The molecule has 0 radical (unpaired) electrons. The number of rotatable bonds is 5. The fourth-order valence-electron chi connectivity index (χ4n) is 2.47. The zero-order chi connectivity index (χ0) is 16.1. The lowest BCUT2D eigenvalue weighted by Crippen LogP contribution is -2.11. The zero-order valence-electron chi connectivity index (χ0n) is 13.0. The average Bonchev–Trinajstić information content (AvgIpc) is 2.62. The third-order valence-corrected chi connectivity index (χ3v) is 3.67. The molecule has 0 fully saturated rings. The first-order chi connectivity index (χ1) is 11.3. The fraction of sp³-hybridized carbons (Fsp3) is 0.211. The van der Waals surface area contributed by atoms with Crippen LogP contribution in [0.15, 0.2) is 72.1 Å². The molecule has 2 aliphatic rings. The van der Waals surface area contributed by atoms with E-state index in [0.717, 1.165) is 12.8 Å². The van der Waals surface area contributed by atoms with E-state index in [9.17, 15) is 4.79 Å². The minimum atomic E-state index is -0.230. The number of carbonyl (C=O) groups is 1. The van der Waals surface area contributed by atoms with Gasteiger partial charge >= 0.3 is 0 Å². The Kier molecular flexibility index (Phi) is 4.62. The van der Waals surface area contributed by atoms with Crippen molar-refractivity contribution in [2.45, 2.75) is 19.3 Å². The van der Waals surface area contributed by atoms with Crippen LogP contribution in [0.4, 0.5) is 0 Å². The van der Waals surface area contributed by atoms with Crippen molar-refractivity contribution in [1.29, 1.82) is 0 Å². The SMILES string of the molecule is COc1cccc(C(=O)C2=COC=C(CC3=CC=CCC3)O2)c1. The van der Waals surface area contributed by atoms with Gasteiger partial charge in [0.1, 0.15) is 24.0 Å². The van der Waals surface area contributed by atoms with E-state index in [4.69, 9.17) is 14.2 Å². The Balaban J connectivity index is 1.69. The first-order valence-corrected chi connectivity index (χ1v) is 7.52. The summed E-state index contributed by atoms with van der Waals surface area (Å²) in [6.07, 6.45) is 11.8. The van der Waals surface area contributed by atoms with Gasteiger partial charge in [0, 0.05) is 12.0 Å². The maximum Gasteiger partial charge on any atom is 0.231 e. The summed E-state index contributed by atoms with van der Waals surface area (Å²) in [6, 6.07) is 6.96. The summed E-state index contributed by atoms with van der Waals surface area (Å²) in [6.45, 7) is 0. The van der Waals surface area contributed by atoms with E-state index < -0.39 is 0 Å². The highest BCUT2D eigenvalue weighted by atomic mass is 16.5. The number of Topliss-reactive ketones (excluding diaryl/α,β-unsaturated/α-hetero) is 1. The molecule has 118 valence electrons. The van der Waals surface area contributed by atoms with E-state index in [1.807, 2.05) is 6.08 Å². The predicted molar refractivity (Wildman–Crippen MR) is 86.7 cm³/mol. The smallest absolute Gasteiger partial charge is 0.231 e. The van der Waals surface area contributed by atoms with Crippen LogP contribution in [-0.4, -0.2) is 12.9 Å². The van der Waals surface area contributed by atoms with Crippen LogP contribution in [0.5, 0.6) is 5.75 Å². The minimum absolute atomic E-state index is 0.183. The molecule has 0 saturated heterocycles. The van der Waals surface area contributed by atoms with Crippen LogP contribution in [-0.2, 0) is 9.47 Å². The molecule has 1 aromatic rings. The molecule has 3 rings (SSSR count). The van der Waals surface area contributed by atoms with Crippen molar-refractivity contribution in [1.82, 2.24) is 0 Å². The molecule has 0 N–H and O–H groups in total. The summed E-state index contributed by atoms with van der Waals surface area (Å²) in [4.78, 5) is 12.5. The number of allylic oxidation sites excluding steroid dienone is 5. The summed E-state index contributed by atoms with van der Waals surface area (Å²) < 4.78 is 16.2. The number of hydrogen-bond donors (Lipinski definition) is 0. The molecule has 23 heavy (non-hydrogen) atoms. The van der Waals surface area contributed by atoms with Gasteiger partial charge in [0.25, 0.3) is 0 Å². The second kappa shape index (κ2) is 7.01. The lowest BCUT2D eigenvalue weighted by Gasteiger charge is -2.17. The summed E-state index contributed by atoms with van der Waals surface area (Å²) in [5.41, 5.74) is 1.76. The van der Waals surface area contributed by atoms with Crippen molar-refractivity contribution in [2.24, 2.45) is 0 Å². The van der Waals surface area contributed by atoms with E-state index in [1.54, 1.807) is 37.6 Å². The Morgan fingerprint density at radius 2 is 2.22 bits per heavy atom. The number of methoxy groups -OCH3 is 1. The van der Waals surface area contributed by atoms with Crippen LogP contribution in [0.25, 0.3) is 0 Å². The molecule has 0 spiro atoms. The minimum Gasteiger partial charge on any atom is -0.497 e.